The van der Waals surface area contributed by atoms with Crippen molar-refractivity contribution in [3.05, 3.63) is 47.5 Å². The van der Waals surface area contributed by atoms with Gasteiger partial charge in [-0.15, -0.1) is 0 Å². The van der Waals surface area contributed by atoms with Gasteiger partial charge >= 0.3 is 0 Å². The van der Waals surface area contributed by atoms with Crippen LogP contribution in [0.2, 0.25) is 0 Å². The second kappa shape index (κ2) is 10.8. The molecule has 0 bridgehead atoms. The van der Waals surface area contributed by atoms with Gasteiger partial charge < -0.3 is 44.1 Å². The molecule has 0 unspecified atom stereocenters. The summed E-state index contributed by atoms with van der Waals surface area (Å²) in [4.78, 5) is 0. The second-order valence-electron chi connectivity index (χ2n) is 7.50. The maximum absolute atomic E-state index is 10.3. The smallest absolute Gasteiger partial charge is 0.229 e. The molecule has 5 atom stereocenters. The Bertz CT molecular complexity index is 861. The zero-order chi connectivity index (χ0) is 23.3. The van der Waals surface area contributed by atoms with Gasteiger partial charge in [-0.05, 0) is 48.2 Å². The fraction of sp³-hybridized carbons (Fsp3) is 0.478. The number of aliphatic hydroxyl groups excluding tert-OH is 4. The summed E-state index contributed by atoms with van der Waals surface area (Å²) in [6, 6.07) is 11.4. The van der Waals surface area contributed by atoms with Gasteiger partial charge in [0.15, 0.2) is 11.5 Å². The zero-order valence-corrected chi connectivity index (χ0v) is 18.3. The van der Waals surface area contributed by atoms with Crippen LogP contribution in [0.3, 0.4) is 0 Å². The molecule has 0 radical (unpaired) electrons. The number of ether oxygens (including phenoxy) is 5. The predicted octanol–water partition coefficient (Wildman–Crippen LogP) is 0.676. The summed E-state index contributed by atoms with van der Waals surface area (Å²) in [5.74, 6) is 1.66. The Morgan fingerprint density at radius 2 is 1.47 bits per heavy atom. The topological polar surface area (TPSA) is 127 Å². The highest BCUT2D eigenvalue weighted by atomic mass is 16.7. The van der Waals surface area contributed by atoms with Gasteiger partial charge in [0.25, 0.3) is 0 Å². The van der Waals surface area contributed by atoms with Gasteiger partial charge in [0.1, 0.15) is 30.2 Å². The third-order valence-electron chi connectivity index (χ3n) is 5.44. The summed E-state index contributed by atoms with van der Waals surface area (Å²) in [5, 5.41) is 39.6. The molecule has 2 aromatic rings. The average molecular weight is 450 g/mol. The first-order chi connectivity index (χ1) is 15.4. The van der Waals surface area contributed by atoms with E-state index in [0.29, 0.717) is 17.9 Å². The number of hydrogen-bond acceptors (Lipinski definition) is 9. The predicted molar refractivity (Wildman–Crippen MR) is 114 cm³/mol. The van der Waals surface area contributed by atoms with Crippen molar-refractivity contribution in [2.75, 3.05) is 27.9 Å². The van der Waals surface area contributed by atoms with E-state index in [9.17, 15) is 20.4 Å². The summed E-state index contributed by atoms with van der Waals surface area (Å²) in [5.41, 5.74) is 2.05. The van der Waals surface area contributed by atoms with Crippen molar-refractivity contribution in [2.24, 2.45) is 0 Å². The highest BCUT2D eigenvalue weighted by Crippen LogP contribution is 2.41. The van der Waals surface area contributed by atoms with Gasteiger partial charge in [-0.1, -0.05) is 12.1 Å². The van der Waals surface area contributed by atoms with Gasteiger partial charge in [-0.25, -0.2) is 0 Å². The van der Waals surface area contributed by atoms with Crippen LogP contribution in [0.4, 0.5) is 0 Å². The van der Waals surface area contributed by atoms with Crippen LogP contribution >= 0.6 is 0 Å². The van der Waals surface area contributed by atoms with Crippen LogP contribution in [-0.4, -0.2) is 79.1 Å². The summed E-state index contributed by atoms with van der Waals surface area (Å²) < 4.78 is 27.4. The number of aryl methyl sites for hydroxylation is 2. The van der Waals surface area contributed by atoms with Crippen molar-refractivity contribution >= 4 is 0 Å². The van der Waals surface area contributed by atoms with E-state index in [2.05, 4.69) is 0 Å². The second-order valence-corrected chi connectivity index (χ2v) is 7.50. The van der Waals surface area contributed by atoms with Crippen LogP contribution < -0.4 is 18.9 Å². The Kier molecular flexibility index (Phi) is 8.16. The third-order valence-corrected chi connectivity index (χ3v) is 5.44. The highest BCUT2D eigenvalue weighted by molar-refractivity contribution is 5.54. The molecule has 9 heteroatoms. The molecule has 1 heterocycles. The summed E-state index contributed by atoms with van der Waals surface area (Å²) in [7, 11) is 4.57. The number of methoxy groups -OCH3 is 3. The lowest BCUT2D eigenvalue weighted by Crippen LogP contribution is -2.60. The van der Waals surface area contributed by atoms with Crippen molar-refractivity contribution in [3.8, 4) is 23.0 Å². The van der Waals surface area contributed by atoms with Crippen LogP contribution in [0.1, 0.15) is 11.1 Å². The van der Waals surface area contributed by atoms with Crippen molar-refractivity contribution in [1.82, 2.24) is 0 Å². The zero-order valence-electron chi connectivity index (χ0n) is 18.3. The Hall–Kier alpha value is -2.56. The average Bonchev–Trinajstić information content (AvgIpc) is 2.83. The Morgan fingerprint density at radius 3 is 2.06 bits per heavy atom. The quantitative estimate of drug-likeness (QED) is 0.436. The minimum absolute atomic E-state index is 0.171. The minimum atomic E-state index is -1.55. The minimum Gasteiger partial charge on any atom is -0.497 e. The Morgan fingerprint density at radius 1 is 0.812 bits per heavy atom. The van der Waals surface area contributed by atoms with E-state index in [-0.39, 0.29) is 5.75 Å². The number of hydrogen-bond donors (Lipinski definition) is 4. The molecule has 1 fully saturated rings. The Labute approximate surface area is 186 Å². The third kappa shape index (κ3) is 5.25. The molecule has 9 nitrogen and oxygen atoms in total. The van der Waals surface area contributed by atoms with Crippen LogP contribution in [-0.2, 0) is 17.6 Å². The van der Waals surface area contributed by atoms with E-state index in [0.717, 1.165) is 23.3 Å². The van der Waals surface area contributed by atoms with Crippen molar-refractivity contribution in [2.45, 2.75) is 43.5 Å². The normalized spacial score (nSPS) is 25.3. The fourth-order valence-corrected chi connectivity index (χ4v) is 3.59. The van der Waals surface area contributed by atoms with Crippen LogP contribution in [0, 0.1) is 0 Å². The molecule has 176 valence electrons. The molecule has 1 aliphatic heterocycles. The molecule has 1 aliphatic rings. The highest BCUT2D eigenvalue weighted by Gasteiger charge is 2.45. The lowest BCUT2D eigenvalue weighted by atomic mass is 9.99. The maximum atomic E-state index is 10.3. The molecule has 2 aromatic carbocycles. The van der Waals surface area contributed by atoms with Gasteiger partial charge in [-0.3, -0.25) is 0 Å². The summed E-state index contributed by atoms with van der Waals surface area (Å²) >= 11 is 0. The van der Waals surface area contributed by atoms with E-state index >= 15 is 0 Å². The van der Waals surface area contributed by atoms with E-state index in [1.165, 1.54) is 14.2 Å². The van der Waals surface area contributed by atoms with Crippen molar-refractivity contribution in [1.29, 1.82) is 0 Å². The SMILES string of the molecule is COc1cccc(CCc2cc(OC)c(O[C@@H]3O[C@H](CO)[C@@H](O)[C@H](O)[C@H]3O)c(OC)c2)c1. The van der Waals surface area contributed by atoms with Gasteiger partial charge in [-0.2, -0.15) is 0 Å². The molecule has 3 rings (SSSR count). The van der Waals surface area contributed by atoms with Crippen molar-refractivity contribution in [3.63, 3.8) is 0 Å². The molecule has 32 heavy (non-hydrogen) atoms. The summed E-state index contributed by atoms with van der Waals surface area (Å²) in [6.07, 6.45) is -5.55. The van der Waals surface area contributed by atoms with E-state index in [1.807, 2.05) is 24.3 Å². The fourth-order valence-electron chi connectivity index (χ4n) is 3.59. The Balaban J connectivity index is 1.81. The first-order valence-corrected chi connectivity index (χ1v) is 10.3. The van der Waals surface area contributed by atoms with Crippen molar-refractivity contribution < 1.29 is 44.1 Å². The number of aliphatic hydroxyl groups is 4. The molecule has 1 saturated heterocycles. The standard InChI is InChI=1S/C23H30O9/c1-28-15-6-4-5-13(9-15)7-8-14-10-16(29-2)22(17(11-14)30-3)32-23-21(27)20(26)19(25)18(12-24)31-23/h4-6,9-11,18-21,23-27H,7-8,12H2,1-3H3/t18-,19-,20+,21-,23+/m1/s1. The molecule has 0 saturated carbocycles. The maximum Gasteiger partial charge on any atom is 0.229 e. The van der Waals surface area contributed by atoms with Gasteiger partial charge in [0, 0.05) is 0 Å². The first kappa shape index (κ1) is 24.1. The van der Waals surface area contributed by atoms with Crippen LogP contribution in [0.5, 0.6) is 23.0 Å². The lowest BCUT2D eigenvalue weighted by Gasteiger charge is -2.39. The largest absolute Gasteiger partial charge is 0.497 e. The van der Waals surface area contributed by atoms with Gasteiger partial charge in [0.05, 0.1) is 27.9 Å². The molecule has 0 amide bonds. The number of benzene rings is 2. The molecular weight excluding hydrogens is 420 g/mol. The molecule has 0 aliphatic carbocycles. The molecule has 0 aromatic heterocycles. The van der Waals surface area contributed by atoms with Crippen LogP contribution in [0.25, 0.3) is 0 Å². The molecular formula is C23H30O9. The van der Waals surface area contributed by atoms with E-state index in [4.69, 9.17) is 23.7 Å². The van der Waals surface area contributed by atoms with E-state index < -0.39 is 37.3 Å². The van der Waals surface area contributed by atoms with Crippen LogP contribution in [0.15, 0.2) is 36.4 Å². The number of rotatable bonds is 9. The first-order valence-electron chi connectivity index (χ1n) is 10.3. The monoisotopic (exact) mass is 450 g/mol. The molecule has 0 spiro atoms. The van der Waals surface area contributed by atoms with Gasteiger partial charge in [0.2, 0.25) is 12.0 Å². The lowest BCUT2D eigenvalue weighted by molar-refractivity contribution is -0.277. The summed E-state index contributed by atoms with van der Waals surface area (Å²) in [6.45, 7) is -0.553. The molecule has 4 N–H and O–H groups in total. The van der Waals surface area contributed by atoms with E-state index in [1.54, 1.807) is 19.2 Å².